The van der Waals surface area contributed by atoms with Crippen LogP contribution in [0.3, 0.4) is 0 Å². The predicted molar refractivity (Wildman–Crippen MR) is 65.9 cm³/mol. The number of hydrogen-bond donors (Lipinski definition) is 1. The van der Waals surface area contributed by atoms with E-state index in [-0.39, 0.29) is 17.3 Å². The van der Waals surface area contributed by atoms with Crippen LogP contribution in [-0.2, 0) is 4.74 Å². The van der Waals surface area contributed by atoms with E-state index in [0.29, 0.717) is 5.56 Å². The van der Waals surface area contributed by atoms with Gasteiger partial charge in [-0.3, -0.25) is 10.1 Å². The van der Waals surface area contributed by atoms with Crippen LogP contribution in [0.4, 0.5) is 10.5 Å². The average Bonchev–Trinajstić information content (AvgIpc) is 2.31. The van der Waals surface area contributed by atoms with Crippen molar-refractivity contribution in [2.75, 3.05) is 6.61 Å². The van der Waals surface area contributed by atoms with Gasteiger partial charge < -0.3 is 4.74 Å². The van der Waals surface area contributed by atoms with Crippen molar-refractivity contribution in [2.45, 2.75) is 6.92 Å². The highest BCUT2D eigenvalue weighted by Gasteiger charge is 2.11. The van der Waals surface area contributed by atoms with Gasteiger partial charge in [0.1, 0.15) is 5.02 Å². The molecule has 0 fully saturated rings. The highest BCUT2D eigenvalue weighted by molar-refractivity contribution is 6.32. The molecule has 0 saturated carbocycles. The third-order valence-corrected chi connectivity index (χ3v) is 2.13. The second-order valence-electron chi connectivity index (χ2n) is 3.06. The molecule has 0 aromatic heterocycles. The predicted octanol–water partition coefficient (Wildman–Crippen LogP) is 2.33. The number of halogens is 1. The third-order valence-electron chi connectivity index (χ3n) is 1.81. The molecule has 0 saturated heterocycles. The summed E-state index contributed by atoms with van der Waals surface area (Å²) >= 11 is 5.64. The molecule has 7 nitrogen and oxygen atoms in total. The molecule has 1 amide bonds. The van der Waals surface area contributed by atoms with Gasteiger partial charge in [0.05, 0.1) is 17.7 Å². The molecule has 1 aromatic rings. The minimum atomic E-state index is -0.697. The van der Waals surface area contributed by atoms with Crippen molar-refractivity contribution >= 4 is 29.6 Å². The Labute approximate surface area is 108 Å². The average molecular weight is 272 g/mol. The van der Waals surface area contributed by atoms with E-state index < -0.39 is 11.0 Å². The van der Waals surface area contributed by atoms with Gasteiger partial charge in [-0.05, 0) is 13.0 Å². The first-order valence-electron chi connectivity index (χ1n) is 4.94. The van der Waals surface area contributed by atoms with Gasteiger partial charge in [0, 0.05) is 11.6 Å². The first kappa shape index (κ1) is 13.9. The summed E-state index contributed by atoms with van der Waals surface area (Å²) in [5.41, 5.74) is 2.31. The molecule has 0 aliphatic rings. The van der Waals surface area contributed by atoms with Gasteiger partial charge in [-0.25, -0.2) is 10.2 Å². The standard InChI is InChI=1S/C10H10ClN3O4/c1-2-18-10(15)13-12-6-7-3-4-8(11)9(5-7)14(16)17/h3-6H,2H2,1H3,(H,13,15). The zero-order valence-electron chi connectivity index (χ0n) is 9.42. The van der Waals surface area contributed by atoms with E-state index in [2.05, 4.69) is 15.3 Å². The lowest BCUT2D eigenvalue weighted by molar-refractivity contribution is -0.384. The molecule has 8 heteroatoms. The summed E-state index contributed by atoms with van der Waals surface area (Å²) in [5.74, 6) is 0. The van der Waals surface area contributed by atoms with Gasteiger partial charge in [0.25, 0.3) is 5.69 Å². The Hall–Kier alpha value is -2.15. The maximum atomic E-state index is 10.9. The molecule has 0 unspecified atom stereocenters. The van der Waals surface area contributed by atoms with Crippen LogP contribution in [0.25, 0.3) is 0 Å². The molecule has 96 valence electrons. The summed E-state index contributed by atoms with van der Waals surface area (Å²) in [6, 6.07) is 4.16. The Morgan fingerprint density at radius 3 is 3.00 bits per heavy atom. The number of nitrogens with zero attached hydrogens (tertiary/aromatic N) is 2. The molecular weight excluding hydrogens is 262 g/mol. The maximum Gasteiger partial charge on any atom is 0.427 e. The lowest BCUT2D eigenvalue weighted by atomic mass is 10.2. The van der Waals surface area contributed by atoms with Crippen LogP contribution >= 0.6 is 11.6 Å². The fourth-order valence-electron chi connectivity index (χ4n) is 1.07. The van der Waals surface area contributed by atoms with E-state index in [4.69, 9.17) is 11.6 Å². The van der Waals surface area contributed by atoms with Crippen LogP contribution in [-0.4, -0.2) is 23.8 Å². The summed E-state index contributed by atoms with van der Waals surface area (Å²) in [6.45, 7) is 1.89. The summed E-state index contributed by atoms with van der Waals surface area (Å²) in [7, 11) is 0. The SMILES string of the molecule is CCOC(=O)NN=Cc1ccc(Cl)c([N+](=O)[O-])c1. The zero-order valence-corrected chi connectivity index (χ0v) is 10.2. The molecule has 0 heterocycles. The fraction of sp³-hybridized carbons (Fsp3) is 0.200. The minimum absolute atomic E-state index is 0.0375. The van der Waals surface area contributed by atoms with Gasteiger partial charge in [0.15, 0.2) is 0 Å². The number of nitro groups is 1. The normalized spacial score (nSPS) is 10.3. The van der Waals surface area contributed by atoms with Crippen LogP contribution in [0.1, 0.15) is 12.5 Å². The summed E-state index contributed by atoms with van der Waals surface area (Å²) in [6.07, 6.45) is 0.553. The minimum Gasteiger partial charge on any atom is -0.449 e. The summed E-state index contributed by atoms with van der Waals surface area (Å²) in [5, 5.41) is 14.2. The Morgan fingerprint density at radius 2 is 2.39 bits per heavy atom. The van der Waals surface area contributed by atoms with Crippen LogP contribution < -0.4 is 5.43 Å². The molecule has 1 aromatic carbocycles. The van der Waals surface area contributed by atoms with E-state index in [0.717, 1.165) is 0 Å². The largest absolute Gasteiger partial charge is 0.449 e. The molecule has 0 atom stereocenters. The number of rotatable bonds is 4. The van der Waals surface area contributed by atoms with Crippen molar-refractivity contribution in [2.24, 2.45) is 5.10 Å². The van der Waals surface area contributed by atoms with Gasteiger partial charge in [-0.1, -0.05) is 17.7 Å². The molecule has 0 aliphatic heterocycles. The summed E-state index contributed by atoms with van der Waals surface area (Å²) < 4.78 is 4.57. The maximum absolute atomic E-state index is 10.9. The Balaban J connectivity index is 2.73. The lowest BCUT2D eigenvalue weighted by Crippen LogP contribution is -2.18. The van der Waals surface area contributed by atoms with Crippen LogP contribution in [0, 0.1) is 10.1 Å². The molecular formula is C10H10ClN3O4. The number of hydrogen-bond acceptors (Lipinski definition) is 5. The number of carbonyl (C=O) groups is 1. The number of benzene rings is 1. The number of hydrazone groups is 1. The zero-order chi connectivity index (χ0) is 13.5. The molecule has 0 aliphatic carbocycles. The number of nitro benzene ring substituents is 1. The van der Waals surface area contributed by atoms with Crippen molar-refractivity contribution < 1.29 is 14.5 Å². The summed E-state index contributed by atoms with van der Waals surface area (Å²) in [4.78, 5) is 20.9. The van der Waals surface area contributed by atoms with E-state index in [1.54, 1.807) is 6.92 Å². The van der Waals surface area contributed by atoms with Gasteiger partial charge >= 0.3 is 6.09 Å². The molecule has 0 bridgehead atoms. The third kappa shape index (κ3) is 4.02. The van der Waals surface area contributed by atoms with E-state index in [9.17, 15) is 14.9 Å². The van der Waals surface area contributed by atoms with Crippen LogP contribution in [0.15, 0.2) is 23.3 Å². The van der Waals surface area contributed by atoms with E-state index in [1.165, 1.54) is 24.4 Å². The highest BCUT2D eigenvalue weighted by Crippen LogP contribution is 2.24. The number of nitrogens with one attached hydrogen (secondary N) is 1. The lowest BCUT2D eigenvalue weighted by Gasteiger charge is -1.99. The molecule has 0 radical (unpaired) electrons. The fourth-order valence-corrected chi connectivity index (χ4v) is 1.26. The second-order valence-corrected chi connectivity index (χ2v) is 3.47. The number of amides is 1. The van der Waals surface area contributed by atoms with Crippen molar-refractivity contribution in [1.82, 2.24) is 5.43 Å². The number of ether oxygens (including phenoxy) is 1. The number of carbonyl (C=O) groups excluding carboxylic acids is 1. The van der Waals surface area contributed by atoms with Crippen molar-refractivity contribution in [3.05, 3.63) is 38.9 Å². The van der Waals surface area contributed by atoms with Crippen molar-refractivity contribution in [3.63, 3.8) is 0 Å². The van der Waals surface area contributed by atoms with Crippen molar-refractivity contribution in [3.8, 4) is 0 Å². The Morgan fingerprint density at radius 1 is 1.67 bits per heavy atom. The first-order valence-corrected chi connectivity index (χ1v) is 5.32. The van der Waals surface area contributed by atoms with Gasteiger partial charge in [0.2, 0.25) is 0 Å². The van der Waals surface area contributed by atoms with Crippen LogP contribution in [0.5, 0.6) is 0 Å². The molecule has 1 rings (SSSR count). The second kappa shape index (κ2) is 6.55. The molecule has 1 N–H and O–H groups in total. The Kier molecular flexibility index (Phi) is 5.06. The smallest absolute Gasteiger partial charge is 0.427 e. The van der Waals surface area contributed by atoms with Gasteiger partial charge in [-0.2, -0.15) is 5.10 Å². The van der Waals surface area contributed by atoms with E-state index in [1.807, 2.05) is 0 Å². The molecule has 18 heavy (non-hydrogen) atoms. The topological polar surface area (TPSA) is 93.8 Å². The first-order chi connectivity index (χ1) is 8.54. The van der Waals surface area contributed by atoms with E-state index >= 15 is 0 Å². The van der Waals surface area contributed by atoms with Gasteiger partial charge in [-0.15, -0.1) is 0 Å². The Bertz CT molecular complexity index is 490. The highest BCUT2D eigenvalue weighted by atomic mass is 35.5. The van der Waals surface area contributed by atoms with Crippen LogP contribution in [0.2, 0.25) is 5.02 Å². The quantitative estimate of drug-likeness (QED) is 0.516. The van der Waals surface area contributed by atoms with Crippen molar-refractivity contribution in [1.29, 1.82) is 0 Å². The monoisotopic (exact) mass is 271 g/mol. The molecule has 0 spiro atoms.